The minimum absolute atomic E-state index is 0.342. The molecule has 2 nitrogen and oxygen atoms in total. The number of hydrogen-bond acceptors (Lipinski definition) is 2. The molecule has 0 bridgehead atoms. The molecule has 1 unspecified atom stereocenters. The van der Waals surface area contributed by atoms with Crippen molar-refractivity contribution < 1.29 is 4.79 Å². The Bertz CT molecular complexity index is 161. The largest absolute Gasteiger partial charge is 0.339 e. The van der Waals surface area contributed by atoms with E-state index in [1.165, 1.54) is 0 Å². The highest BCUT2D eigenvalue weighted by atomic mass is 32.2. The topological polar surface area (TPSA) is 20.3 Å². The zero-order chi connectivity index (χ0) is 8.97. The number of thioether (sulfide) groups is 1. The molecule has 1 aliphatic rings. The Hall–Kier alpha value is -0.180. The summed E-state index contributed by atoms with van der Waals surface area (Å²) < 4.78 is 0. The van der Waals surface area contributed by atoms with Gasteiger partial charge in [-0.05, 0) is 13.3 Å². The van der Waals surface area contributed by atoms with Crippen LogP contribution >= 0.6 is 11.8 Å². The molecule has 0 aromatic heterocycles. The summed E-state index contributed by atoms with van der Waals surface area (Å²) in [6.45, 7) is 5.21. The molecule has 12 heavy (non-hydrogen) atoms. The van der Waals surface area contributed by atoms with Gasteiger partial charge < -0.3 is 4.90 Å². The maximum Gasteiger partial charge on any atom is 0.223 e. The van der Waals surface area contributed by atoms with Gasteiger partial charge in [0.05, 0.1) is 0 Å². The second-order valence-corrected chi connectivity index (χ2v) is 4.43. The van der Waals surface area contributed by atoms with E-state index in [1.807, 2.05) is 16.7 Å². The van der Waals surface area contributed by atoms with E-state index in [9.17, 15) is 4.79 Å². The van der Waals surface area contributed by atoms with Crippen LogP contribution in [0.15, 0.2) is 0 Å². The van der Waals surface area contributed by atoms with Crippen molar-refractivity contribution in [2.24, 2.45) is 0 Å². The molecule has 0 radical (unpaired) electrons. The first-order valence-corrected chi connectivity index (χ1v) is 5.78. The van der Waals surface area contributed by atoms with Crippen LogP contribution in [0.4, 0.5) is 0 Å². The van der Waals surface area contributed by atoms with E-state index in [1.54, 1.807) is 0 Å². The molecule has 1 aliphatic heterocycles. The zero-order valence-electron chi connectivity index (χ0n) is 7.88. The second-order valence-electron chi connectivity index (χ2n) is 3.21. The van der Waals surface area contributed by atoms with Crippen LogP contribution in [-0.2, 0) is 4.79 Å². The van der Waals surface area contributed by atoms with Crippen molar-refractivity contribution in [3.63, 3.8) is 0 Å². The molecule has 0 N–H and O–H groups in total. The molecule has 0 aromatic rings. The number of carbonyl (C=O) groups excluding carboxylic acids is 1. The quantitative estimate of drug-likeness (QED) is 0.656. The lowest BCUT2D eigenvalue weighted by atomic mass is 10.2. The minimum Gasteiger partial charge on any atom is -0.339 e. The molecule has 70 valence electrons. The summed E-state index contributed by atoms with van der Waals surface area (Å²) in [5, 5.41) is 0. The lowest BCUT2D eigenvalue weighted by Gasteiger charge is -2.26. The molecule has 0 spiro atoms. The van der Waals surface area contributed by atoms with Gasteiger partial charge in [0, 0.05) is 30.5 Å². The Morgan fingerprint density at radius 2 is 2.33 bits per heavy atom. The highest BCUT2D eigenvalue weighted by Crippen LogP contribution is 2.14. The molecule has 0 aliphatic carbocycles. The Morgan fingerprint density at radius 1 is 1.58 bits per heavy atom. The summed E-state index contributed by atoms with van der Waals surface area (Å²) in [6, 6.07) is 0.427. The normalized spacial score (nSPS) is 22.2. The van der Waals surface area contributed by atoms with Gasteiger partial charge in [-0.3, -0.25) is 4.79 Å². The lowest BCUT2D eigenvalue weighted by molar-refractivity contribution is -0.132. The van der Waals surface area contributed by atoms with Crippen LogP contribution < -0.4 is 0 Å². The van der Waals surface area contributed by atoms with Crippen LogP contribution in [0.25, 0.3) is 0 Å². The van der Waals surface area contributed by atoms with Crippen LogP contribution in [0.3, 0.4) is 0 Å². The summed E-state index contributed by atoms with van der Waals surface area (Å²) in [5.74, 6) is 2.45. The van der Waals surface area contributed by atoms with Crippen molar-refractivity contribution >= 4 is 17.7 Å². The molecule has 1 fully saturated rings. The number of nitrogens with zero attached hydrogens (tertiary/aromatic N) is 1. The molecule has 1 rings (SSSR count). The average Bonchev–Trinajstić information content (AvgIpc) is 2.28. The summed E-state index contributed by atoms with van der Waals surface area (Å²) in [6.07, 6.45) is 1.80. The molecular formula is C9H17NOS. The first-order chi connectivity index (χ1) is 5.75. The highest BCUT2D eigenvalue weighted by Gasteiger charge is 2.20. The Kier molecular flexibility index (Phi) is 3.92. The van der Waals surface area contributed by atoms with E-state index < -0.39 is 0 Å². The number of rotatable bonds is 2. The Labute approximate surface area is 78.7 Å². The predicted molar refractivity (Wildman–Crippen MR) is 53.4 cm³/mol. The Morgan fingerprint density at radius 3 is 3.00 bits per heavy atom. The second kappa shape index (κ2) is 4.75. The Balaban J connectivity index is 2.52. The molecule has 1 saturated heterocycles. The first-order valence-electron chi connectivity index (χ1n) is 4.63. The van der Waals surface area contributed by atoms with Crippen LogP contribution in [-0.4, -0.2) is 34.9 Å². The van der Waals surface area contributed by atoms with E-state index >= 15 is 0 Å². The van der Waals surface area contributed by atoms with Crippen LogP contribution in [0.2, 0.25) is 0 Å². The number of amides is 1. The van der Waals surface area contributed by atoms with Crippen LogP contribution in [0, 0.1) is 0 Å². The monoisotopic (exact) mass is 187 g/mol. The fourth-order valence-electron chi connectivity index (χ4n) is 1.38. The van der Waals surface area contributed by atoms with Crippen molar-refractivity contribution in [1.82, 2.24) is 4.90 Å². The number of carbonyl (C=O) groups is 1. The summed E-state index contributed by atoms with van der Waals surface area (Å²) in [5.41, 5.74) is 0. The fraction of sp³-hybridized carbons (Fsp3) is 0.889. The molecule has 0 aromatic carbocycles. The molecule has 1 amide bonds. The van der Waals surface area contributed by atoms with Crippen LogP contribution in [0.1, 0.15) is 26.7 Å². The number of hydrogen-bond donors (Lipinski definition) is 0. The van der Waals surface area contributed by atoms with E-state index in [4.69, 9.17) is 0 Å². The van der Waals surface area contributed by atoms with E-state index in [0.717, 1.165) is 30.9 Å². The molecule has 1 heterocycles. The van der Waals surface area contributed by atoms with Gasteiger partial charge in [-0.2, -0.15) is 11.8 Å². The fourth-order valence-corrected chi connectivity index (χ4v) is 2.23. The maximum atomic E-state index is 11.5. The summed E-state index contributed by atoms with van der Waals surface area (Å²) in [7, 11) is 0. The van der Waals surface area contributed by atoms with Crippen molar-refractivity contribution in [2.75, 3.05) is 18.1 Å². The third-order valence-electron chi connectivity index (χ3n) is 2.38. The molecule has 3 heteroatoms. The summed E-state index contributed by atoms with van der Waals surface area (Å²) in [4.78, 5) is 13.6. The minimum atomic E-state index is 0.342. The zero-order valence-corrected chi connectivity index (χ0v) is 8.69. The van der Waals surface area contributed by atoms with Crippen molar-refractivity contribution in [3.05, 3.63) is 0 Å². The molecular weight excluding hydrogens is 170 g/mol. The van der Waals surface area contributed by atoms with Gasteiger partial charge in [-0.15, -0.1) is 0 Å². The van der Waals surface area contributed by atoms with E-state index in [0.29, 0.717) is 11.9 Å². The van der Waals surface area contributed by atoms with Gasteiger partial charge in [-0.1, -0.05) is 6.92 Å². The van der Waals surface area contributed by atoms with Gasteiger partial charge in [0.1, 0.15) is 0 Å². The molecule has 1 atom stereocenters. The van der Waals surface area contributed by atoms with Gasteiger partial charge in [0.25, 0.3) is 0 Å². The predicted octanol–water partition coefficient (Wildman–Crippen LogP) is 1.75. The van der Waals surface area contributed by atoms with Crippen molar-refractivity contribution in [1.29, 1.82) is 0 Å². The molecule has 0 saturated carbocycles. The summed E-state index contributed by atoms with van der Waals surface area (Å²) >= 11 is 1.89. The van der Waals surface area contributed by atoms with Gasteiger partial charge in [0.15, 0.2) is 0 Å². The SMILES string of the molecule is CCC(C)N1CCSCCC1=O. The van der Waals surface area contributed by atoms with Gasteiger partial charge in [0.2, 0.25) is 5.91 Å². The van der Waals surface area contributed by atoms with E-state index in [2.05, 4.69) is 13.8 Å². The van der Waals surface area contributed by atoms with E-state index in [-0.39, 0.29) is 0 Å². The van der Waals surface area contributed by atoms with Crippen LogP contribution in [0.5, 0.6) is 0 Å². The average molecular weight is 187 g/mol. The van der Waals surface area contributed by atoms with Gasteiger partial charge in [-0.25, -0.2) is 0 Å². The highest BCUT2D eigenvalue weighted by molar-refractivity contribution is 7.99. The van der Waals surface area contributed by atoms with Crippen molar-refractivity contribution in [3.8, 4) is 0 Å². The third kappa shape index (κ3) is 2.41. The van der Waals surface area contributed by atoms with Gasteiger partial charge >= 0.3 is 0 Å². The standard InChI is InChI=1S/C9H17NOS/c1-3-8(2)10-5-7-12-6-4-9(10)11/h8H,3-7H2,1-2H3. The maximum absolute atomic E-state index is 11.5. The first kappa shape index (κ1) is 9.90. The van der Waals surface area contributed by atoms with Crippen molar-refractivity contribution in [2.45, 2.75) is 32.7 Å². The lowest BCUT2D eigenvalue weighted by Crippen LogP contribution is -2.38. The smallest absolute Gasteiger partial charge is 0.223 e. The third-order valence-corrected chi connectivity index (χ3v) is 3.34.